The van der Waals surface area contributed by atoms with Crippen LogP contribution in [0.25, 0.3) is 0 Å². The van der Waals surface area contributed by atoms with Crippen molar-refractivity contribution in [1.82, 2.24) is 5.32 Å². The lowest BCUT2D eigenvalue weighted by Crippen LogP contribution is -2.30. The van der Waals surface area contributed by atoms with Gasteiger partial charge < -0.3 is 15.2 Å². The largest absolute Gasteiger partial charge is 0.497 e. The molecule has 0 heterocycles. The van der Waals surface area contributed by atoms with E-state index < -0.39 is 5.97 Å². The molecule has 0 radical (unpaired) electrons. The molecule has 0 bridgehead atoms. The van der Waals surface area contributed by atoms with Crippen LogP contribution in [0.4, 0.5) is 0 Å². The number of methoxy groups -OCH3 is 1. The quantitative estimate of drug-likeness (QED) is 0.732. The van der Waals surface area contributed by atoms with Gasteiger partial charge in [-0.25, -0.2) is 0 Å². The lowest BCUT2D eigenvalue weighted by Gasteiger charge is -2.13. The third-order valence-electron chi connectivity index (χ3n) is 3.40. The standard InChI is InChI=1S/C16H23NO4/c1-3-12(10-16(19)20)11-17-15(18)8-7-13-5-4-6-14(9-13)21-2/h4-6,9,12H,3,7-8,10-11H2,1-2H3,(H,17,18)(H,19,20). The van der Waals surface area contributed by atoms with Crippen LogP contribution in [0.15, 0.2) is 24.3 Å². The van der Waals surface area contributed by atoms with Crippen molar-refractivity contribution in [1.29, 1.82) is 0 Å². The number of carboxylic acid groups (broad SMARTS) is 1. The monoisotopic (exact) mass is 293 g/mol. The van der Waals surface area contributed by atoms with Crippen molar-refractivity contribution < 1.29 is 19.4 Å². The molecule has 0 saturated heterocycles. The van der Waals surface area contributed by atoms with Gasteiger partial charge in [-0.3, -0.25) is 9.59 Å². The topological polar surface area (TPSA) is 75.6 Å². The third-order valence-corrected chi connectivity index (χ3v) is 3.40. The predicted octanol–water partition coefficient (Wildman–Crippen LogP) is 2.24. The number of hydrogen-bond donors (Lipinski definition) is 2. The summed E-state index contributed by atoms with van der Waals surface area (Å²) in [5.41, 5.74) is 1.04. The van der Waals surface area contributed by atoms with Crippen molar-refractivity contribution in [3.63, 3.8) is 0 Å². The molecule has 116 valence electrons. The van der Waals surface area contributed by atoms with Gasteiger partial charge in [-0.2, -0.15) is 0 Å². The Kier molecular flexibility index (Phi) is 7.29. The lowest BCUT2D eigenvalue weighted by atomic mass is 10.0. The molecule has 1 rings (SSSR count). The zero-order chi connectivity index (χ0) is 15.7. The minimum atomic E-state index is -0.826. The number of aryl methyl sites for hydroxylation is 1. The Balaban J connectivity index is 2.34. The van der Waals surface area contributed by atoms with E-state index in [0.717, 1.165) is 17.7 Å². The first kappa shape index (κ1) is 17.0. The third kappa shape index (κ3) is 6.79. The van der Waals surface area contributed by atoms with E-state index in [4.69, 9.17) is 9.84 Å². The van der Waals surface area contributed by atoms with E-state index in [1.165, 1.54) is 0 Å². The van der Waals surface area contributed by atoms with Crippen LogP contribution in [-0.4, -0.2) is 30.6 Å². The smallest absolute Gasteiger partial charge is 0.303 e. The molecular weight excluding hydrogens is 270 g/mol. The number of carbonyl (C=O) groups excluding carboxylic acids is 1. The molecule has 1 aromatic carbocycles. The normalized spacial score (nSPS) is 11.7. The SMILES string of the molecule is CCC(CNC(=O)CCc1cccc(OC)c1)CC(=O)O. The molecule has 5 nitrogen and oxygen atoms in total. The van der Waals surface area contributed by atoms with Crippen LogP contribution in [0, 0.1) is 5.92 Å². The fourth-order valence-electron chi connectivity index (χ4n) is 2.04. The molecule has 0 fully saturated rings. The van der Waals surface area contributed by atoms with Gasteiger partial charge in [0, 0.05) is 19.4 Å². The van der Waals surface area contributed by atoms with Crippen molar-refractivity contribution in [3.8, 4) is 5.75 Å². The van der Waals surface area contributed by atoms with Crippen LogP contribution in [0.2, 0.25) is 0 Å². The van der Waals surface area contributed by atoms with Gasteiger partial charge in [0.05, 0.1) is 7.11 Å². The lowest BCUT2D eigenvalue weighted by molar-refractivity contribution is -0.138. The van der Waals surface area contributed by atoms with Crippen LogP contribution >= 0.6 is 0 Å². The average molecular weight is 293 g/mol. The summed E-state index contributed by atoms with van der Waals surface area (Å²) in [7, 11) is 1.61. The van der Waals surface area contributed by atoms with Crippen LogP contribution < -0.4 is 10.1 Å². The van der Waals surface area contributed by atoms with Gasteiger partial charge in [-0.1, -0.05) is 25.5 Å². The van der Waals surface area contributed by atoms with Gasteiger partial charge in [-0.15, -0.1) is 0 Å². The molecule has 0 aliphatic heterocycles. The molecule has 21 heavy (non-hydrogen) atoms. The number of rotatable bonds is 9. The molecule has 0 aliphatic carbocycles. The fourth-order valence-corrected chi connectivity index (χ4v) is 2.04. The van der Waals surface area contributed by atoms with E-state index in [0.29, 0.717) is 19.4 Å². The molecule has 1 atom stereocenters. The number of nitrogens with one attached hydrogen (secondary N) is 1. The molecule has 2 N–H and O–H groups in total. The number of benzene rings is 1. The molecular formula is C16H23NO4. The maximum Gasteiger partial charge on any atom is 0.303 e. The number of ether oxygens (including phenoxy) is 1. The van der Waals surface area contributed by atoms with Crippen molar-refractivity contribution in [2.24, 2.45) is 5.92 Å². The number of carbonyl (C=O) groups is 2. The first-order valence-corrected chi connectivity index (χ1v) is 7.16. The van der Waals surface area contributed by atoms with Crippen molar-refractivity contribution >= 4 is 11.9 Å². The first-order valence-electron chi connectivity index (χ1n) is 7.16. The van der Waals surface area contributed by atoms with E-state index >= 15 is 0 Å². The summed E-state index contributed by atoms with van der Waals surface area (Å²) in [4.78, 5) is 22.4. The van der Waals surface area contributed by atoms with E-state index in [-0.39, 0.29) is 18.2 Å². The Morgan fingerprint density at radius 3 is 2.76 bits per heavy atom. The minimum absolute atomic E-state index is 0.0109. The Hall–Kier alpha value is -2.04. The predicted molar refractivity (Wildman–Crippen MR) is 80.4 cm³/mol. The summed E-state index contributed by atoms with van der Waals surface area (Å²) < 4.78 is 5.14. The average Bonchev–Trinajstić information content (AvgIpc) is 2.49. The molecule has 1 amide bonds. The second kappa shape index (κ2) is 9.00. The first-order chi connectivity index (χ1) is 10.0. The summed E-state index contributed by atoms with van der Waals surface area (Å²) in [6, 6.07) is 7.62. The molecule has 1 unspecified atom stereocenters. The maximum absolute atomic E-state index is 11.8. The van der Waals surface area contributed by atoms with E-state index in [1.54, 1.807) is 7.11 Å². The number of hydrogen-bond acceptors (Lipinski definition) is 3. The van der Waals surface area contributed by atoms with Crippen molar-refractivity contribution in [3.05, 3.63) is 29.8 Å². The van der Waals surface area contributed by atoms with Crippen molar-refractivity contribution in [2.45, 2.75) is 32.6 Å². The van der Waals surface area contributed by atoms with Gasteiger partial charge >= 0.3 is 5.97 Å². The zero-order valence-electron chi connectivity index (χ0n) is 12.6. The Labute approximate surface area is 125 Å². The molecule has 0 spiro atoms. The van der Waals surface area contributed by atoms with Crippen LogP contribution in [0.1, 0.15) is 31.7 Å². The Morgan fingerprint density at radius 2 is 2.14 bits per heavy atom. The van der Waals surface area contributed by atoms with Gasteiger partial charge in [-0.05, 0) is 30.0 Å². The maximum atomic E-state index is 11.8. The van der Waals surface area contributed by atoms with Crippen LogP contribution in [0.3, 0.4) is 0 Å². The summed E-state index contributed by atoms with van der Waals surface area (Å²) in [6.07, 6.45) is 1.85. The van der Waals surface area contributed by atoms with E-state index in [2.05, 4.69) is 5.32 Å². The zero-order valence-corrected chi connectivity index (χ0v) is 12.6. The highest BCUT2D eigenvalue weighted by Gasteiger charge is 2.12. The van der Waals surface area contributed by atoms with E-state index in [9.17, 15) is 9.59 Å². The van der Waals surface area contributed by atoms with Crippen molar-refractivity contribution in [2.75, 3.05) is 13.7 Å². The Morgan fingerprint density at radius 1 is 1.38 bits per heavy atom. The van der Waals surface area contributed by atoms with E-state index in [1.807, 2.05) is 31.2 Å². The van der Waals surface area contributed by atoms with Gasteiger partial charge in [0.15, 0.2) is 0 Å². The molecule has 5 heteroatoms. The molecule has 0 aliphatic rings. The number of carboxylic acids is 1. The van der Waals surface area contributed by atoms with Crippen LogP contribution in [0.5, 0.6) is 5.75 Å². The van der Waals surface area contributed by atoms with Crippen LogP contribution in [-0.2, 0) is 16.0 Å². The highest BCUT2D eigenvalue weighted by Crippen LogP contribution is 2.14. The summed E-state index contributed by atoms with van der Waals surface area (Å²) >= 11 is 0. The molecule has 0 aromatic heterocycles. The Bertz CT molecular complexity index is 473. The highest BCUT2D eigenvalue weighted by atomic mass is 16.5. The summed E-state index contributed by atoms with van der Waals surface area (Å²) in [6.45, 7) is 2.34. The summed E-state index contributed by atoms with van der Waals surface area (Å²) in [5.74, 6) is -0.113. The summed E-state index contributed by atoms with van der Waals surface area (Å²) in [5, 5.41) is 11.6. The number of aliphatic carboxylic acids is 1. The minimum Gasteiger partial charge on any atom is -0.497 e. The second-order valence-electron chi connectivity index (χ2n) is 5.03. The van der Waals surface area contributed by atoms with Gasteiger partial charge in [0.2, 0.25) is 5.91 Å². The fraction of sp³-hybridized carbons (Fsp3) is 0.500. The van der Waals surface area contributed by atoms with Gasteiger partial charge in [0.25, 0.3) is 0 Å². The number of amides is 1. The second-order valence-corrected chi connectivity index (χ2v) is 5.03. The molecule has 0 saturated carbocycles. The van der Waals surface area contributed by atoms with Gasteiger partial charge in [0.1, 0.15) is 5.75 Å². The highest BCUT2D eigenvalue weighted by molar-refractivity contribution is 5.76. The molecule has 1 aromatic rings.